The Bertz CT molecular complexity index is 2110. The van der Waals surface area contributed by atoms with E-state index in [1.807, 2.05) is 13.8 Å². The molecule has 0 aromatic heterocycles. The Labute approximate surface area is 474 Å². The number of aliphatic carboxylic acids is 2. The van der Waals surface area contributed by atoms with Crippen molar-refractivity contribution in [3.05, 3.63) is 0 Å². The molecule has 0 saturated carbocycles. The van der Waals surface area contributed by atoms with Gasteiger partial charge < -0.3 is 85.5 Å². The Hall–Kier alpha value is -6.33. The van der Waals surface area contributed by atoms with Gasteiger partial charge in [-0.3, -0.25) is 52.9 Å². The molecular formula is C51H93N13O15S. The minimum absolute atomic E-state index is 0.0108. The average Bonchev–Trinajstić information content (AvgIpc) is 3.36. The standard InChI is InChI=1S/C51H93N13O15S/c1-13-26(9)37(62-44(72)33(21-24(5)6)58-46(74)36(52)25(7)8)47(75)57-31(17-18-35(67)68)42(70)61-38(27(10)14-2)48(76)59-32(20-23(3)4)43(71)60-34(22-80)45(73)63-39(28(11)65)49(77)56-30(16-15-19-55-51(53)54)41(69)64-40(29(12)66)50(78)79/h23-34,36-40,65-66,80H,13-22,52H2,1-12H3,(H,56,77)(H,57,75)(H,58,74)(H,59,76)(H,60,71)(H,61,70)(H,62,72)(H,63,73)(H,64,69)(H,67,68)(H,78,79)(H4,53,54,55)/t26-,27-,28+,29+,30-,31-,32-,33-,34-,36-,37-,38-,39-,40-/m0/s1. The van der Waals surface area contributed by atoms with Crippen LogP contribution in [-0.2, 0) is 52.7 Å². The SMILES string of the molecule is CC[C@H](C)[C@H](NC(=O)[C@H](CCC(=O)O)NC(=O)[C@@H](NC(=O)[C@H](CC(C)C)NC(=O)[C@@H](N)C(C)C)[C@@H](C)CC)C(=O)N[C@@H](CC(C)C)C(=O)N[C@@H](CS)C(=O)N[C@H](C(=O)N[C@@H](CCCN=C(N)N)C(=O)N[C@H](C(=O)O)[C@@H](C)O)[C@@H](C)O. The number of aliphatic imine (C=N–C) groups is 1. The summed E-state index contributed by atoms with van der Waals surface area (Å²) >= 11 is 4.22. The van der Waals surface area contributed by atoms with Gasteiger partial charge in [0, 0.05) is 18.7 Å². The lowest BCUT2D eigenvalue weighted by Gasteiger charge is -2.31. The van der Waals surface area contributed by atoms with Gasteiger partial charge in [-0.05, 0) is 75.5 Å². The third kappa shape index (κ3) is 26.8. The molecule has 458 valence electrons. The Balaban J connectivity index is 6.73. The van der Waals surface area contributed by atoms with Crippen LogP contribution in [0.15, 0.2) is 4.99 Å². The largest absolute Gasteiger partial charge is 0.481 e. The van der Waals surface area contributed by atoms with Crippen molar-refractivity contribution in [1.82, 2.24) is 47.9 Å². The van der Waals surface area contributed by atoms with E-state index in [0.29, 0.717) is 6.42 Å². The summed E-state index contributed by atoms with van der Waals surface area (Å²) in [5, 5.41) is 62.3. The molecule has 14 atom stereocenters. The van der Waals surface area contributed by atoms with Crippen molar-refractivity contribution in [1.29, 1.82) is 0 Å². The first kappa shape index (κ1) is 73.7. The van der Waals surface area contributed by atoms with Crippen molar-refractivity contribution in [2.24, 2.45) is 51.8 Å². The number of thiol groups is 1. The number of amides is 9. The lowest BCUT2D eigenvalue weighted by Crippen LogP contribution is -2.62. The second-order valence-electron chi connectivity index (χ2n) is 21.4. The van der Waals surface area contributed by atoms with Crippen molar-refractivity contribution in [3.63, 3.8) is 0 Å². The number of nitrogens with zero attached hydrogens (tertiary/aromatic N) is 1. The Morgan fingerprint density at radius 1 is 0.475 bits per heavy atom. The van der Waals surface area contributed by atoms with Crippen LogP contribution >= 0.6 is 12.6 Å². The molecule has 0 heterocycles. The van der Waals surface area contributed by atoms with Crippen molar-refractivity contribution in [2.75, 3.05) is 12.3 Å². The molecule has 0 aromatic carbocycles. The molecule has 0 unspecified atom stereocenters. The number of carbonyl (C=O) groups is 11. The highest BCUT2D eigenvalue weighted by Gasteiger charge is 2.38. The van der Waals surface area contributed by atoms with Crippen LogP contribution in [0.25, 0.3) is 0 Å². The quantitative estimate of drug-likeness (QED) is 0.0129. The number of carbonyl (C=O) groups excluding carboxylic acids is 9. The zero-order valence-electron chi connectivity index (χ0n) is 48.3. The van der Waals surface area contributed by atoms with Gasteiger partial charge in [-0.25, -0.2) is 4.79 Å². The van der Waals surface area contributed by atoms with Crippen LogP contribution in [0.1, 0.15) is 134 Å². The summed E-state index contributed by atoms with van der Waals surface area (Å²) in [5.41, 5.74) is 16.8. The zero-order valence-corrected chi connectivity index (χ0v) is 49.2. The highest BCUT2D eigenvalue weighted by atomic mass is 32.1. The van der Waals surface area contributed by atoms with Crippen molar-refractivity contribution < 1.29 is 73.2 Å². The number of carboxylic acids is 2. The van der Waals surface area contributed by atoms with Gasteiger partial charge in [0.1, 0.15) is 48.3 Å². The highest BCUT2D eigenvalue weighted by Crippen LogP contribution is 2.16. The molecule has 0 fully saturated rings. The van der Waals surface area contributed by atoms with Crippen LogP contribution in [0.2, 0.25) is 0 Å². The maximum absolute atomic E-state index is 14.3. The first-order chi connectivity index (χ1) is 37.1. The number of guanidine groups is 1. The topological polar surface area (TPSA) is 467 Å². The summed E-state index contributed by atoms with van der Waals surface area (Å²) < 4.78 is 0. The third-order valence-electron chi connectivity index (χ3n) is 13.1. The Morgan fingerprint density at radius 3 is 1.20 bits per heavy atom. The first-order valence-electron chi connectivity index (χ1n) is 27.1. The molecule has 0 radical (unpaired) electrons. The Kier molecular flexibility index (Phi) is 33.9. The molecule has 0 bridgehead atoms. The maximum Gasteiger partial charge on any atom is 0.328 e. The summed E-state index contributed by atoms with van der Waals surface area (Å²) in [6, 6.07) is -14.2. The zero-order chi connectivity index (χ0) is 61.9. The summed E-state index contributed by atoms with van der Waals surface area (Å²) in [4.78, 5) is 151. The fourth-order valence-electron chi connectivity index (χ4n) is 7.75. The number of aliphatic hydroxyl groups is 2. The van der Waals surface area contributed by atoms with Gasteiger partial charge in [0.25, 0.3) is 0 Å². The molecule has 80 heavy (non-hydrogen) atoms. The molecule has 0 spiro atoms. The first-order valence-corrected chi connectivity index (χ1v) is 27.7. The molecule has 0 aliphatic rings. The number of rotatable bonds is 38. The van der Waals surface area contributed by atoms with E-state index in [1.165, 1.54) is 0 Å². The van der Waals surface area contributed by atoms with Crippen LogP contribution in [0.3, 0.4) is 0 Å². The van der Waals surface area contributed by atoms with E-state index >= 15 is 0 Å². The van der Waals surface area contributed by atoms with Crippen LogP contribution in [0.4, 0.5) is 0 Å². The predicted molar refractivity (Wildman–Crippen MR) is 300 cm³/mol. The van der Waals surface area contributed by atoms with E-state index in [9.17, 15) is 73.2 Å². The van der Waals surface area contributed by atoms with E-state index in [1.54, 1.807) is 55.4 Å². The second kappa shape index (κ2) is 36.8. The predicted octanol–water partition coefficient (Wildman–Crippen LogP) is -2.79. The van der Waals surface area contributed by atoms with Gasteiger partial charge in [0.05, 0.1) is 18.2 Å². The molecule has 0 aliphatic carbocycles. The van der Waals surface area contributed by atoms with Gasteiger partial charge in [-0.1, -0.05) is 82.1 Å². The summed E-state index contributed by atoms with van der Waals surface area (Å²) in [6.45, 7) is 19.7. The minimum Gasteiger partial charge on any atom is -0.481 e. The summed E-state index contributed by atoms with van der Waals surface area (Å²) in [5.74, 6) is -13.3. The molecule has 19 N–H and O–H groups in total. The van der Waals surface area contributed by atoms with Crippen LogP contribution in [0, 0.1) is 29.6 Å². The van der Waals surface area contributed by atoms with Crippen molar-refractivity contribution in [3.8, 4) is 0 Å². The van der Waals surface area contributed by atoms with Crippen LogP contribution < -0.4 is 65.1 Å². The minimum atomic E-state index is -1.78. The van der Waals surface area contributed by atoms with E-state index in [2.05, 4.69) is 65.5 Å². The molecule has 29 heteroatoms. The highest BCUT2D eigenvalue weighted by molar-refractivity contribution is 7.80. The van der Waals surface area contributed by atoms with Gasteiger partial charge >= 0.3 is 11.9 Å². The average molecular weight is 1160 g/mol. The van der Waals surface area contributed by atoms with E-state index < -0.39 is 168 Å². The van der Waals surface area contributed by atoms with Gasteiger partial charge in [0.2, 0.25) is 53.2 Å². The summed E-state index contributed by atoms with van der Waals surface area (Å²) in [6.07, 6.45) is -3.51. The second-order valence-corrected chi connectivity index (χ2v) is 21.8. The number of carboxylic acid groups (broad SMARTS) is 2. The Morgan fingerprint density at radius 2 is 0.825 bits per heavy atom. The van der Waals surface area contributed by atoms with Crippen molar-refractivity contribution >= 4 is 83.7 Å². The fraction of sp³-hybridized carbons (Fsp3) is 0.765. The summed E-state index contributed by atoms with van der Waals surface area (Å²) in [7, 11) is 0. The van der Waals surface area contributed by atoms with Crippen molar-refractivity contribution in [2.45, 2.75) is 207 Å². The molecular weight excluding hydrogens is 1070 g/mol. The smallest absolute Gasteiger partial charge is 0.328 e. The number of nitrogens with one attached hydrogen (secondary N) is 9. The van der Waals surface area contributed by atoms with E-state index in [0.717, 1.165) is 13.8 Å². The molecule has 9 amide bonds. The van der Waals surface area contributed by atoms with E-state index in [4.69, 9.17) is 17.2 Å². The molecule has 0 saturated heterocycles. The molecule has 28 nitrogen and oxygen atoms in total. The monoisotopic (exact) mass is 1160 g/mol. The number of aliphatic hydroxyl groups excluding tert-OH is 2. The number of hydrogen-bond acceptors (Lipinski definition) is 16. The van der Waals surface area contributed by atoms with Gasteiger partial charge in [-0.15, -0.1) is 0 Å². The molecule has 0 aromatic rings. The lowest BCUT2D eigenvalue weighted by molar-refractivity contribution is -0.145. The lowest BCUT2D eigenvalue weighted by atomic mass is 9.95. The number of hydrogen-bond donors (Lipinski definition) is 17. The molecule has 0 rings (SSSR count). The van der Waals surface area contributed by atoms with Crippen LogP contribution in [0.5, 0.6) is 0 Å². The van der Waals surface area contributed by atoms with Gasteiger partial charge in [-0.2, -0.15) is 12.6 Å². The van der Waals surface area contributed by atoms with Gasteiger partial charge in [0.15, 0.2) is 12.0 Å². The fourth-order valence-corrected chi connectivity index (χ4v) is 8.01. The normalized spacial score (nSPS) is 16.6. The third-order valence-corrected chi connectivity index (χ3v) is 13.4. The van der Waals surface area contributed by atoms with Crippen LogP contribution in [-0.4, -0.2) is 176 Å². The maximum atomic E-state index is 14.3. The molecule has 0 aliphatic heterocycles. The van der Waals surface area contributed by atoms with E-state index in [-0.39, 0.29) is 62.4 Å². The number of nitrogens with two attached hydrogens (primary N) is 3.